The minimum atomic E-state index is -0.670. The van der Waals surface area contributed by atoms with E-state index in [1.165, 1.54) is 12.1 Å². The fourth-order valence-corrected chi connectivity index (χ4v) is 3.61. The Hall–Kier alpha value is -2.99. The number of rotatable bonds is 11. The quantitative estimate of drug-likeness (QED) is 0.398. The zero-order chi connectivity index (χ0) is 23.7. The summed E-state index contributed by atoms with van der Waals surface area (Å²) >= 11 is 5.75. The first kappa shape index (κ1) is 25.3. The second-order valence-corrected chi connectivity index (χ2v) is 8.04. The molecule has 0 radical (unpaired) electrons. The molecule has 0 fully saturated rings. The van der Waals surface area contributed by atoms with Gasteiger partial charge in [-0.2, -0.15) is 0 Å². The molecule has 7 heteroatoms. The predicted molar refractivity (Wildman–Crippen MR) is 130 cm³/mol. The summed E-state index contributed by atoms with van der Waals surface area (Å²) < 4.78 is 14.8. The Labute approximate surface area is 194 Å². The molecule has 1 aromatic carbocycles. The maximum Gasteiger partial charge on any atom is 0.254 e. The molecule has 32 heavy (non-hydrogen) atoms. The Morgan fingerprint density at radius 3 is 2.56 bits per heavy atom. The van der Waals surface area contributed by atoms with E-state index < -0.39 is 11.7 Å². The molecule has 0 saturated carbocycles. The van der Waals surface area contributed by atoms with E-state index in [2.05, 4.69) is 37.3 Å². The number of hydrogen-bond donors (Lipinski definition) is 2. The first-order valence-corrected chi connectivity index (χ1v) is 11.1. The first-order valence-electron chi connectivity index (χ1n) is 10.7. The fourth-order valence-electron chi connectivity index (χ4n) is 3.47. The number of allylic oxidation sites excluding steroid dienone is 2. The summed E-state index contributed by atoms with van der Waals surface area (Å²) in [6.07, 6.45) is 8.89. The lowest BCUT2D eigenvalue weighted by atomic mass is 9.95. The smallest absolute Gasteiger partial charge is 0.254 e. The fraction of sp³-hybridized carbons (Fsp3) is 0.320. The number of amides is 1. The van der Waals surface area contributed by atoms with Gasteiger partial charge in [0.25, 0.3) is 5.91 Å². The van der Waals surface area contributed by atoms with Crippen LogP contribution in [0.15, 0.2) is 60.3 Å². The van der Waals surface area contributed by atoms with Gasteiger partial charge in [0.2, 0.25) is 0 Å². The monoisotopic (exact) mass is 456 g/mol. The zero-order valence-electron chi connectivity index (χ0n) is 18.6. The second kappa shape index (κ2) is 12.2. The van der Waals surface area contributed by atoms with Gasteiger partial charge in [0.05, 0.1) is 17.5 Å². The number of carbonyl (C=O) groups excluding carboxylic acids is 1. The highest BCUT2D eigenvalue weighted by atomic mass is 35.5. The van der Waals surface area contributed by atoms with Crippen LogP contribution in [0.25, 0.3) is 11.3 Å². The Bertz CT molecular complexity index is 1010. The van der Waals surface area contributed by atoms with E-state index >= 15 is 0 Å². The molecular weight excluding hydrogens is 427 g/mol. The van der Waals surface area contributed by atoms with E-state index in [-0.39, 0.29) is 23.8 Å². The van der Waals surface area contributed by atoms with E-state index in [9.17, 15) is 9.18 Å². The van der Waals surface area contributed by atoms with Gasteiger partial charge in [0.15, 0.2) is 0 Å². The molecule has 0 spiro atoms. The third-order valence-electron chi connectivity index (χ3n) is 5.06. The highest BCUT2D eigenvalue weighted by molar-refractivity contribution is 6.30. The van der Waals surface area contributed by atoms with Gasteiger partial charge >= 0.3 is 0 Å². The summed E-state index contributed by atoms with van der Waals surface area (Å²) in [6.45, 7) is 11.6. The van der Waals surface area contributed by atoms with Crippen molar-refractivity contribution in [2.75, 3.05) is 12.3 Å². The number of halogens is 2. The molecule has 1 aromatic heterocycles. The van der Waals surface area contributed by atoms with Gasteiger partial charge < -0.3 is 11.1 Å². The van der Waals surface area contributed by atoms with Crippen molar-refractivity contribution in [2.24, 2.45) is 0 Å². The molecular formula is C25H30ClFN4O. The molecule has 0 saturated heterocycles. The van der Waals surface area contributed by atoms with E-state index in [1.54, 1.807) is 24.4 Å². The molecule has 0 bridgehead atoms. The van der Waals surface area contributed by atoms with Crippen LogP contribution in [0.4, 0.5) is 10.2 Å². The summed E-state index contributed by atoms with van der Waals surface area (Å²) in [5.41, 5.74) is 8.36. The topological polar surface area (TPSA) is 80.9 Å². The molecule has 5 nitrogen and oxygen atoms in total. The molecule has 0 aliphatic rings. The van der Waals surface area contributed by atoms with Gasteiger partial charge in [-0.05, 0) is 36.6 Å². The molecule has 0 aliphatic heterocycles. The predicted octanol–water partition coefficient (Wildman–Crippen LogP) is 6.14. The number of nitrogens with one attached hydrogen (secondary N) is 1. The van der Waals surface area contributed by atoms with Crippen LogP contribution in [0.5, 0.6) is 0 Å². The Morgan fingerprint density at radius 2 is 2.00 bits per heavy atom. The summed E-state index contributed by atoms with van der Waals surface area (Å²) in [4.78, 5) is 21.4. The third-order valence-corrected chi connectivity index (χ3v) is 5.17. The normalized spacial score (nSPS) is 11.5. The van der Waals surface area contributed by atoms with Crippen LogP contribution in [0, 0.1) is 5.82 Å². The lowest BCUT2D eigenvalue weighted by Gasteiger charge is -2.16. The van der Waals surface area contributed by atoms with Crippen molar-refractivity contribution in [1.29, 1.82) is 0 Å². The average Bonchev–Trinajstić information content (AvgIpc) is 2.76. The van der Waals surface area contributed by atoms with Crippen molar-refractivity contribution < 1.29 is 9.18 Å². The van der Waals surface area contributed by atoms with Gasteiger partial charge in [-0.1, -0.05) is 63.6 Å². The molecule has 1 amide bonds. The minimum absolute atomic E-state index is 0.0839. The molecule has 0 unspecified atom stereocenters. The molecule has 1 heterocycles. The summed E-state index contributed by atoms with van der Waals surface area (Å²) in [7, 11) is 0. The maximum absolute atomic E-state index is 14.8. The van der Waals surface area contributed by atoms with Gasteiger partial charge in [-0.25, -0.2) is 14.4 Å². The number of aromatic nitrogens is 2. The van der Waals surface area contributed by atoms with Crippen LogP contribution < -0.4 is 11.1 Å². The molecule has 0 atom stereocenters. The lowest BCUT2D eigenvalue weighted by molar-refractivity contribution is 0.0953. The van der Waals surface area contributed by atoms with Crippen LogP contribution in [0.3, 0.4) is 0 Å². The van der Waals surface area contributed by atoms with Gasteiger partial charge in [0, 0.05) is 23.1 Å². The SMILES string of the molecule is C=C/C(=C\C(=C)Cl)CNC(=O)c1ccc(-c2nc(C(CCC)CCC)cnc2N)cc1F. The molecule has 170 valence electrons. The number of carbonyl (C=O) groups is 1. The number of benzene rings is 1. The number of anilines is 1. The van der Waals surface area contributed by atoms with E-state index in [0.29, 0.717) is 21.9 Å². The van der Waals surface area contributed by atoms with Crippen LogP contribution in [-0.2, 0) is 0 Å². The average molecular weight is 457 g/mol. The second-order valence-electron chi connectivity index (χ2n) is 7.55. The van der Waals surface area contributed by atoms with Crippen molar-refractivity contribution in [3.05, 3.63) is 77.4 Å². The highest BCUT2D eigenvalue weighted by Crippen LogP contribution is 2.29. The van der Waals surface area contributed by atoms with Crippen LogP contribution in [0.1, 0.15) is 61.5 Å². The Balaban J connectivity index is 2.27. The van der Waals surface area contributed by atoms with Crippen molar-refractivity contribution >= 4 is 23.3 Å². The Kier molecular flexibility index (Phi) is 9.60. The summed E-state index contributed by atoms with van der Waals surface area (Å²) in [5.74, 6) is -0.723. The molecule has 3 N–H and O–H groups in total. The van der Waals surface area contributed by atoms with Gasteiger partial charge in [-0.3, -0.25) is 4.79 Å². The van der Waals surface area contributed by atoms with Crippen LogP contribution in [0.2, 0.25) is 0 Å². The van der Waals surface area contributed by atoms with E-state index in [0.717, 1.165) is 31.4 Å². The van der Waals surface area contributed by atoms with Gasteiger partial charge in [0.1, 0.15) is 17.3 Å². The van der Waals surface area contributed by atoms with E-state index in [4.69, 9.17) is 22.3 Å². The number of nitrogens with zero attached hydrogens (tertiary/aromatic N) is 2. The van der Waals surface area contributed by atoms with Crippen molar-refractivity contribution in [3.8, 4) is 11.3 Å². The molecule has 2 rings (SSSR count). The third kappa shape index (κ3) is 6.76. The van der Waals surface area contributed by atoms with Crippen LogP contribution in [-0.4, -0.2) is 22.4 Å². The molecule has 0 aliphatic carbocycles. The lowest BCUT2D eigenvalue weighted by Crippen LogP contribution is -2.26. The van der Waals surface area contributed by atoms with E-state index in [1.807, 2.05) is 0 Å². The number of hydrogen-bond acceptors (Lipinski definition) is 4. The van der Waals surface area contributed by atoms with Crippen molar-refractivity contribution in [1.82, 2.24) is 15.3 Å². The van der Waals surface area contributed by atoms with Crippen molar-refractivity contribution in [2.45, 2.75) is 45.4 Å². The number of nitrogens with two attached hydrogens (primary N) is 1. The standard InChI is InChI=1S/C25H30ClFN4O/c1-5-8-18(9-6-2)22-15-29-24(28)23(31-22)19-10-11-20(21(27)13-19)25(32)30-14-17(7-3)12-16(4)26/h7,10-13,15,18H,3-6,8-9,14H2,1-2H3,(H2,28,29)(H,30,32)/b17-12+. The summed E-state index contributed by atoms with van der Waals surface area (Å²) in [5, 5.41) is 2.96. The highest BCUT2D eigenvalue weighted by Gasteiger charge is 2.18. The minimum Gasteiger partial charge on any atom is -0.382 e. The van der Waals surface area contributed by atoms with Crippen molar-refractivity contribution in [3.63, 3.8) is 0 Å². The van der Waals surface area contributed by atoms with Gasteiger partial charge in [-0.15, -0.1) is 0 Å². The van der Waals surface area contributed by atoms with Crippen LogP contribution >= 0.6 is 11.6 Å². The first-order chi connectivity index (χ1) is 15.3. The molecule has 2 aromatic rings. The Morgan fingerprint density at radius 1 is 1.31 bits per heavy atom. The summed E-state index contributed by atoms with van der Waals surface area (Å²) in [6, 6.07) is 4.31. The zero-order valence-corrected chi connectivity index (χ0v) is 19.4. The number of nitrogen functional groups attached to an aromatic ring is 1. The maximum atomic E-state index is 14.8. The largest absolute Gasteiger partial charge is 0.382 e.